The van der Waals surface area contributed by atoms with Crippen molar-refractivity contribution in [3.63, 3.8) is 0 Å². The van der Waals surface area contributed by atoms with Gasteiger partial charge in [0, 0.05) is 24.2 Å². The average molecular weight is 424 g/mol. The van der Waals surface area contributed by atoms with Gasteiger partial charge < -0.3 is 0 Å². The Bertz CT molecular complexity index is 1210. The van der Waals surface area contributed by atoms with E-state index in [1.54, 1.807) is 13.2 Å². The highest BCUT2D eigenvalue weighted by atomic mass is 32.1. The second-order valence-electron chi connectivity index (χ2n) is 5.73. The molecule has 146 valence electrons. The third-order valence-electron chi connectivity index (χ3n) is 3.95. The van der Waals surface area contributed by atoms with Gasteiger partial charge in [0.2, 0.25) is 0 Å². The van der Waals surface area contributed by atoms with E-state index in [-0.39, 0.29) is 5.82 Å². The van der Waals surface area contributed by atoms with Crippen LogP contribution in [0, 0.1) is 12.7 Å². The molecule has 4 heterocycles. The summed E-state index contributed by atoms with van der Waals surface area (Å²) < 4.78 is 13.5. The Balaban J connectivity index is 0.00000117. The molecule has 0 radical (unpaired) electrons. The van der Waals surface area contributed by atoms with Crippen molar-refractivity contribution in [2.75, 3.05) is 7.05 Å². The minimum atomic E-state index is -0.378. The predicted molar refractivity (Wildman–Crippen MR) is 122 cm³/mol. The number of halogens is 1. The maximum atomic E-state index is 13.5. The molecule has 0 unspecified atom stereocenters. The SMILES string of the molecule is C=C.C=NC(=NC)c1cc2ccc(-c3sc(-c4cncc(F)c4)nc3C)nc2s1. The lowest BCUT2D eigenvalue weighted by molar-refractivity contribution is 0.622. The molecule has 0 spiro atoms. The van der Waals surface area contributed by atoms with Crippen molar-refractivity contribution in [3.8, 4) is 21.1 Å². The van der Waals surface area contributed by atoms with Gasteiger partial charge in [-0.15, -0.1) is 35.8 Å². The first-order chi connectivity index (χ1) is 14.1. The number of thiophene rings is 1. The van der Waals surface area contributed by atoms with Crippen molar-refractivity contribution in [1.82, 2.24) is 15.0 Å². The number of hydrogen-bond donors (Lipinski definition) is 0. The molecule has 4 aromatic rings. The number of thiazole rings is 1. The molecule has 8 heteroatoms. The normalized spacial score (nSPS) is 11.2. The summed E-state index contributed by atoms with van der Waals surface area (Å²) in [6.07, 6.45) is 2.79. The molecule has 0 aromatic carbocycles. The fourth-order valence-electron chi connectivity index (χ4n) is 2.70. The van der Waals surface area contributed by atoms with Gasteiger partial charge in [-0.2, -0.15) is 0 Å². The molecule has 0 aliphatic rings. The van der Waals surface area contributed by atoms with E-state index in [0.717, 1.165) is 36.4 Å². The quantitative estimate of drug-likeness (QED) is 0.237. The smallest absolute Gasteiger partial charge is 0.164 e. The second kappa shape index (κ2) is 8.93. The van der Waals surface area contributed by atoms with Crippen molar-refractivity contribution in [2.45, 2.75) is 6.92 Å². The van der Waals surface area contributed by atoms with E-state index in [2.05, 4.69) is 39.8 Å². The van der Waals surface area contributed by atoms with Gasteiger partial charge in [-0.25, -0.2) is 19.4 Å². The molecule has 0 bridgehead atoms. The van der Waals surface area contributed by atoms with Gasteiger partial charge in [-0.3, -0.25) is 9.98 Å². The van der Waals surface area contributed by atoms with Gasteiger partial charge in [-0.1, -0.05) is 0 Å². The van der Waals surface area contributed by atoms with Gasteiger partial charge in [0.25, 0.3) is 0 Å². The number of aromatic nitrogens is 3. The zero-order valence-corrected chi connectivity index (χ0v) is 17.6. The Morgan fingerprint density at radius 2 is 1.90 bits per heavy atom. The maximum Gasteiger partial charge on any atom is 0.164 e. The highest BCUT2D eigenvalue weighted by Gasteiger charge is 2.15. The van der Waals surface area contributed by atoms with E-state index in [1.165, 1.54) is 34.9 Å². The fraction of sp³-hybridized carbons (Fsp3) is 0.0952. The number of rotatable bonds is 3. The van der Waals surface area contributed by atoms with Gasteiger partial charge in [0.15, 0.2) is 5.84 Å². The van der Waals surface area contributed by atoms with Crippen molar-refractivity contribution in [2.24, 2.45) is 9.98 Å². The number of fused-ring (bicyclic) bond motifs is 1. The van der Waals surface area contributed by atoms with E-state index in [9.17, 15) is 4.39 Å². The summed E-state index contributed by atoms with van der Waals surface area (Å²) in [7, 11) is 1.69. The minimum absolute atomic E-state index is 0.378. The van der Waals surface area contributed by atoms with E-state index >= 15 is 0 Å². The van der Waals surface area contributed by atoms with E-state index in [0.29, 0.717) is 11.4 Å². The summed E-state index contributed by atoms with van der Waals surface area (Å²) >= 11 is 3.00. The summed E-state index contributed by atoms with van der Waals surface area (Å²) in [5, 5.41) is 1.75. The molecule has 0 amide bonds. The van der Waals surface area contributed by atoms with Crippen LogP contribution in [-0.4, -0.2) is 34.6 Å². The Morgan fingerprint density at radius 1 is 1.10 bits per heavy atom. The predicted octanol–water partition coefficient (Wildman–Crippen LogP) is 5.81. The number of hydrogen-bond acceptors (Lipinski definition) is 6. The van der Waals surface area contributed by atoms with E-state index in [4.69, 9.17) is 4.98 Å². The molecular weight excluding hydrogens is 405 g/mol. The molecule has 29 heavy (non-hydrogen) atoms. The van der Waals surface area contributed by atoms with Gasteiger partial charge in [0.1, 0.15) is 15.7 Å². The Morgan fingerprint density at radius 3 is 2.59 bits per heavy atom. The standard InChI is InChI=1S/C19H14FN5S2.C2H4/c1-10-16(27-19(24-10)12-6-13(20)9-23-8-12)14-5-4-11-7-15(17(21-2)22-3)26-18(11)25-14;1-2/h4-9H,2H2,1,3H3;1-2H2. The van der Waals surface area contributed by atoms with Crippen LogP contribution in [0.25, 0.3) is 31.4 Å². The molecule has 0 N–H and O–H groups in total. The molecule has 5 nitrogen and oxygen atoms in total. The third kappa shape index (κ3) is 4.18. The highest BCUT2D eigenvalue weighted by molar-refractivity contribution is 7.20. The summed E-state index contributed by atoms with van der Waals surface area (Å²) in [5.41, 5.74) is 2.35. The molecule has 4 aromatic heterocycles. The van der Waals surface area contributed by atoms with Crippen LogP contribution in [0.15, 0.2) is 59.8 Å². The largest absolute Gasteiger partial charge is 0.269 e. The van der Waals surface area contributed by atoms with Crippen LogP contribution in [0.4, 0.5) is 4.39 Å². The summed E-state index contributed by atoms with van der Waals surface area (Å²) in [6.45, 7) is 11.5. The first-order valence-electron chi connectivity index (χ1n) is 8.52. The molecule has 0 atom stereocenters. The van der Waals surface area contributed by atoms with E-state index in [1.807, 2.05) is 25.1 Å². The number of nitrogens with zero attached hydrogens (tertiary/aromatic N) is 5. The first-order valence-corrected chi connectivity index (χ1v) is 10.2. The average Bonchev–Trinajstić information content (AvgIpc) is 3.33. The molecular formula is C21H18FN5S2. The van der Waals surface area contributed by atoms with E-state index < -0.39 is 0 Å². The van der Waals surface area contributed by atoms with Crippen LogP contribution < -0.4 is 0 Å². The topological polar surface area (TPSA) is 63.4 Å². The lowest BCUT2D eigenvalue weighted by Crippen LogP contribution is -1.90. The van der Waals surface area contributed by atoms with Crippen LogP contribution in [0.5, 0.6) is 0 Å². The number of pyridine rings is 2. The van der Waals surface area contributed by atoms with Gasteiger partial charge in [0.05, 0.1) is 27.3 Å². The zero-order valence-electron chi connectivity index (χ0n) is 16.0. The monoisotopic (exact) mass is 423 g/mol. The zero-order chi connectivity index (χ0) is 21.0. The Labute approximate surface area is 176 Å². The lowest BCUT2D eigenvalue weighted by atomic mass is 10.2. The van der Waals surface area contributed by atoms with Crippen molar-refractivity contribution >= 4 is 45.4 Å². The Kier molecular flexibility index (Phi) is 6.36. The first kappa shape index (κ1) is 20.6. The number of aliphatic imine (C=N–C) groups is 2. The summed E-state index contributed by atoms with van der Waals surface area (Å²) in [6, 6.07) is 7.44. The van der Waals surface area contributed by atoms with Gasteiger partial charge >= 0.3 is 0 Å². The third-order valence-corrected chi connectivity index (χ3v) is 6.22. The summed E-state index contributed by atoms with van der Waals surface area (Å²) in [4.78, 5) is 24.1. The maximum absolute atomic E-state index is 13.5. The summed E-state index contributed by atoms with van der Waals surface area (Å²) in [5.74, 6) is 0.228. The molecule has 0 fully saturated rings. The highest BCUT2D eigenvalue weighted by Crippen LogP contribution is 2.36. The van der Waals surface area contributed by atoms with Crippen LogP contribution >= 0.6 is 22.7 Å². The van der Waals surface area contributed by atoms with Crippen molar-refractivity contribution < 1.29 is 4.39 Å². The Hall–Kier alpha value is -3.10. The fourth-order valence-corrected chi connectivity index (χ4v) is 4.75. The molecule has 0 aliphatic heterocycles. The van der Waals surface area contributed by atoms with Crippen LogP contribution in [0.2, 0.25) is 0 Å². The molecule has 0 saturated carbocycles. The number of amidine groups is 1. The second-order valence-corrected chi connectivity index (χ2v) is 7.76. The van der Waals surface area contributed by atoms with Crippen LogP contribution in [0.3, 0.4) is 0 Å². The molecule has 4 rings (SSSR count). The van der Waals surface area contributed by atoms with Crippen LogP contribution in [0.1, 0.15) is 10.6 Å². The van der Waals surface area contributed by atoms with Crippen molar-refractivity contribution in [1.29, 1.82) is 0 Å². The van der Waals surface area contributed by atoms with Crippen molar-refractivity contribution in [3.05, 3.63) is 66.2 Å². The lowest BCUT2D eigenvalue weighted by Gasteiger charge is -1.98. The molecule has 0 saturated heterocycles. The number of aryl methyl sites for hydroxylation is 1. The molecule has 0 aliphatic carbocycles. The van der Waals surface area contributed by atoms with Crippen LogP contribution in [-0.2, 0) is 0 Å². The minimum Gasteiger partial charge on any atom is -0.269 e. The van der Waals surface area contributed by atoms with Gasteiger partial charge in [-0.05, 0) is 37.9 Å².